The van der Waals surface area contributed by atoms with E-state index in [0.29, 0.717) is 13.1 Å². The molecule has 0 spiro atoms. The van der Waals surface area contributed by atoms with E-state index in [1.807, 2.05) is 36.9 Å². The molecule has 0 aromatic carbocycles. The van der Waals surface area contributed by atoms with Gasteiger partial charge in [0.2, 0.25) is 5.91 Å². The van der Waals surface area contributed by atoms with Crippen LogP contribution in [-0.4, -0.2) is 17.0 Å². The highest BCUT2D eigenvalue weighted by molar-refractivity contribution is 5.78. The Morgan fingerprint density at radius 1 is 1.67 bits per heavy atom. The molecule has 4 nitrogen and oxygen atoms in total. The van der Waals surface area contributed by atoms with Crippen LogP contribution in [0.3, 0.4) is 0 Å². The third-order valence-corrected chi connectivity index (χ3v) is 2.54. The average molecular weight is 209 g/mol. The molecule has 1 aromatic heterocycles. The second kappa shape index (κ2) is 5.56. The van der Waals surface area contributed by atoms with Crippen molar-refractivity contribution in [1.82, 2.24) is 9.88 Å². The maximum absolute atomic E-state index is 11.6. The van der Waals surface area contributed by atoms with E-state index in [9.17, 15) is 4.79 Å². The maximum atomic E-state index is 11.6. The first-order valence-electron chi connectivity index (χ1n) is 5.23. The van der Waals surface area contributed by atoms with Crippen molar-refractivity contribution in [3.05, 3.63) is 24.0 Å². The first-order valence-corrected chi connectivity index (χ1v) is 5.23. The van der Waals surface area contributed by atoms with Gasteiger partial charge in [0.25, 0.3) is 0 Å². The summed E-state index contributed by atoms with van der Waals surface area (Å²) < 4.78 is 1.99. The van der Waals surface area contributed by atoms with Crippen LogP contribution in [0.15, 0.2) is 18.3 Å². The largest absolute Gasteiger partial charge is 0.353 e. The monoisotopic (exact) mass is 209 g/mol. The summed E-state index contributed by atoms with van der Waals surface area (Å²) in [5.74, 6) is 0.0666. The molecule has 0 aliphatic heterocycles. The number of carbonyl (C=O) groups excluding carboxylic acids is 1. The van der Waals surface area contributed by atoms with Crippen LogP contribution >= 0.6 is 0 Å². The summed E-state index contributed by atoms with van der Waals surface area (Å²) in [6, 6.07) is 3.96. The predicted octanol–water partition coefficient (Wildman–Crippen LogP) is 0.626. The molecule has 0 aliphatic carbocycles. The van der Waals surface area contributed by atoms with Crippen LogP contribution in [0.2, 0.25) is 0 Å². The van der Waals surface area contributed by atoms with Crippen molar-refractivity contribution in [1.29, 1.82) is 0 Å². The number of hydrogen-bond donors (Lipinski definition) is 2. The Kier molecular flexibility index (Phi) is 4.37. The number of hydrogen-bond acceptors (Lipinski definition) is 2. The second-order valence-corrected chi connectivity index (χ2v) is 3.81. The van der Waals surface area contributed by atoms with E-state index in [1.165, 1.54) is 0 Å². The Balaban J connectivity index is 2.37. The number of amides is 1. The van der Waals surface area contributed by atoms with Gasteiger partial charge >= 0.3 is 0 Å². The molecule has 4 heteroatoms. The number of nitrogens with one attached hydrogen (secondary N) is 1. The molecule has 3 N–H and O–H groups in total. The molecule has 0 saturated heterocycles. The number of nitrogens with two attached hydrogens (primary N) is 1. The summed E-state index contributed by atoms with van der Waals surface area (Å²) in [5.41, 5.74) is 6.50. The van der Waals surface area contributed by atoms with Crippen LogP contribution in [-0.2, 0) is 18.4 Å². The first-order chi connectivity index (χ1) is 7.15. The molecule has 0 radical (unpaired) electrons. The zero-order valence-electron chi connectivity index (χ0n) is 9.36. The van der Waals surface area contributed by atoms with E-state index in [4.69, 9.17) is 5.73 Å². The molecular formula is C11H19N3O. The molecule has 0 bridgehead atoms. The lowest BCUT2D eigenvalue weighted by Crippen LogP contribution is -2.30. The lowest BCUT2D eigenvalue weighted by molar-refractivity contribution is -0.124. The number of rotatable bonds is 5. The highest BCUT2D eigenvalue weighted by Crippen LogP contribution is 2.02. The van der Waals surface area contributed by atoms with Crippen LogP contribution in [0.1, 0.15) is 19.0 Å². The lowest BCUT2D eigenvalue weighted by Gasteiger charge is -2.11. The zero-order valence-corrected chi connectivity index (χ0v) is 9.36. The quantitative estimate of drug-likeness (QED) is 0.747. The van der Waals surface area contributed by atoms with Gasteiger partial charge in [0.05, 0.1) is 6.54 Å². The third kappa shape index (κ3) is 3.40. The molecule has 84 valence electrons. The molecule has 15 heavy (non-hydrogen) atoms. The van der Waals surface area contributed by atoms with Crippen LogP contribution < -0.4 is 11.1 Å². The van der Waals surface area contributed by atoms with Crippen LogP contribution in [0.5, 0.6) is 0 Å². The number of carbonyl (C=O) groups is 1. The first kappa shape index (κ1) is 11.8. The van der Waals surface area contributed by atoms with Crippen molar-refractivity contribution in [2.75, 3.05) is 6.54 Å². The van der Waals surface area contributed by atoms with E-state index in [2.05, 4.69) is 5.32 Å². The summed E-state index contributed by atoms with van der Waals surface area (Å²) in [5, 5.41) is 2.90. The summed E-state index contributed by atoms with van der Waals surface area (Å²) in [6.45, 7) is 3.03. The number of aromatic nitrogens is 1. The summed E-state index contributed by atoms with van der Waals surface area (Å²) >= 11 is 0. The van der Waals surface area contributed by atoms with Gasteiger partial charge in [0.1, 0.15) is 0 Å². The molecule has 0 aliphatic rings. The van der Waals surface area contributed by atoms with E-state index in [0.717, 1.165) is 12.1 Å². The molecule has 0 saturated carbocycles. The summed E-state index contributed by atoms with van der Waals surface area (Å²) in [4.78, 5) is 11.6. The number of aryl methyl sites for hydroxylation is 1. The molecule has 1 heterocycles. The van der Waals surface area contributed by atoms with Gasteiger partial charge < -0.3 is 15.6 Å². The fourth-order valence-corrected chi connectivity index (χ4v) is 1.41. The zero-order chi connectivity index (χ0) is 11.3. The predicted molar refractivity (Wildman–Crippen MR) is 60.1 cm³/mol. The van der Waals surface area contributed by atoms with Gasteiger partial charge in [0.15, 0.2) is 0 Å². The van der Waals surface area contributed by atoms with Gasteiger partial charge in [-0.05, 0) is 25.1 Å². The molecule has 1 atom stereocenters. The summed E-state index contributed by atoms with van der Waals surface area (Å²) in [7, 11) is 1.96. The van der Waals surface area contributed by atoms with Gasteiger partial charge in [-0.2, -0.15) is 0 Å². The van der Waals surface area contributed by atoms with Crippen molar-refractivity contribution in [2.45, 2.75) is 19.9 Å². The van der Waals surface area contributed by atoms with Crippen molar-refractivity contribution >= 4 is 5.91 Å². The highest BCUT2D eigenvalue weighted by atomic mass is 16.1. The van der Waals surface area contributed by atoms with Gasteiger partial charge in [-0.3, -0.25) is 4.79 Å². The number of nitrogens with zero attached hydrogens (tertiary/aromatic N) is 1. The fraction of sp³-hybridized carbons (Fsp3) is 0.545. The molecular weight excluding hydrogens is 190 g/mol. The Bertz CT molecular complexity index is 319. The minimum Gasteiger partial charge on any atom is -0.353 e. The minimum absolute atomic E-state index is 0.00438. The Morgan fingerprint density at radius 2 is 2.40 bits per heavy atom. The smallest absolute Gasteiger partial charge is 0.223 e. The van der Waals surface area contributed by atoms with Gasteiger partial charge in [0, 0.05) is 24.9 Å². The average Bonchev–Trinajstić information content (AvgIpc) is 2.61. The Hall–Kier alpha value is -1.29. The van der Waals surface area contributed by atoms with Crippen molar-refractivity contribution in [3.63, 3.8) is 0 Å². The maximum Gasteiger partial charge on any atom is 0.223 e. The van der Waals surface area contributed by atoms with Crippen molar-refractivity contribution in [3.8, 4) is 0 Å². The lowest BCUT2D eigenvalue weighted by atomic mass is 10.1. The van der Waals surface area contributed by atoms with Gasteiger partial charge in [-0.25, -0.2) is 0 Å². The third-order valence-electron chi connectivity index (χ3n) is 2.54. The molecule has 1 aromatic rings. The minimum atomic E-state index is -0.00438. The molecule has 0 fully saturated rings. The Labute approximate surface area is 90.5 Å². The van der Waals surface area contributed by atoms with E-state index in [-0.39, 0.29) is 11.8 Å². The van der Waals surface area contributed by atoms with E-state index in [1.54, 1.807) is 0 Å². The fourth-order valence-electron chi connectivity index (χ4n) is 1.41. The van der Waals surface area contributed by atoms with Crippen LogP contribution in [0, 0.1) is 5.92 Å². The van der Waals surface area contributed by atoms with Crippen molar-refractivity contribution < 1.29 is 4.79 Å². The Morgan fingerprint density at radius 3 is 2.93 bits per heavy atom. The van der Waals surface area contributed by atoms with Gasteiger partial charge in [-0.15, -0.1) is 0 Å². The highest BCUT2D eigenvalue weighted by Gasteiger charge is 2.11. The van der Waals surface area contributed by atoms with E-state index >= 15 is 0 Å². The summed E-state index contributed by atoms with van der Waals surface area (Å²) in [6.07, 6.45) is 2.70. The standard InChI is InChI=1S/C11H19N3O/c1-9(5-6-12)11(15)13-8-10-4-3-7-14(10)2/h3-4,7,9H,5-6,8,12H2,1-2H3,(H,13,15). The van der Waals surface area contributed by atoms with Crippen LogP contribution in [0.4, 0.5) is 0 Å². The molecule has 1 unspecified atom stereocenters. The van der Waals surface area contributed by atoms with Crippen molar-refractivity contribution in [2.24, 2.45) is 18.7 Å². The molecule has 1 rings (SSSR count). The van der Waals surface area contributed by atoms with E-state index < -0.39 is 0 Å². The van der Waals surface area contributed by atoms with Gasteiger partial charge in [-0.1, -0.05) is 6.92 Å². The van der Waals surface area contributed by atoms with Crippen LogP contribution in [0.25, 0.3) is 0 Å². The molecule has 1 amide bonds. The second-order valence-electron chi connectivity index (χ2n) is 3.81. The SMILES string of the molecule is CC(CCN)C(=O)NCc1cccn1C. The topological polar surface area (TPSA) is 60.1 Å². The normalized spacial score (nSPS) is 12.5.